The first-order valence-corrected chi connectivity index (χ1v) is 11.8. The number of nitrogens with zero attached hydrogens (tertiary/aromatic N) is 5. The quantitative estimate of drug-likeness (QED) is 0.648. The van der Waals surface area contributed by atoms with Crippen molar-refractivity contribution in [2.45, 2.75) is 45.1 Å². The number of pyridine rings is 1. The Morgan fingerprint density at radius 3 is 2.73 bits per heavy atom. The van der Waals surface area contributed by atoms with E-state index in [1.54, 1.807) is 18.3 Å². The van der Waals surface area contributed by atoms with Gasteiger partial charge in [0, 0.05) is 37.1 Å². The van der Waals surface area contributed by atoms with Gasteiger partial charge in [-0.1, -0.05) is 30.3 Å². The lowest BCUT2D eigenvalue weighted by Crippen LogP contribution is -2.35. The van der Waals surface area contributed by atoms with Crippen LogP contribution < -0.4 is 10.6 Å². The summed E-state index contributed by atoms with van der Waals surface area (Å²) in [7, 11) is 0. The highest BCUT2D eigenvalue weighted by atomic mass is 16.2. The molecule has 7 heteroatoms. The van der Waals surface area contributed by atoms with Crippen molar-refractivity contribution < 1.29 is 4.79 Å². The molecule has 0 unspecified atom stereocenters. The number of carbonyl (C=O) groups is 1. The van der Waals surface area contributed by atoms with E-state index in [2.05, 4.69) is 47.1 Å². The van der Waals surface area contributed by atoms with Crippen LogP contribution in [0.1, 0.15) is 58.3 Å². The molecule has 33 heavy (non-hydrogen) atoms. The van der Waals surface area contributed by atoms with Gasteiger partial charge in [-0.3, -0.25) is 4.79 Å². The molecular formula is C26H30N6O. The maximum atomic E-state index is 13.2. The molecule has 2 N–H and O–H groups in total. The molecule has 2 aliphatic heterocycles. The molecular weight excluding hydrogens is 412 g/mol. The highest BCUT2D eigenvalue weighted by Gasteiger charge is 2.34. The van der Waals surface area contributed by atoms with E-state index in [4.69, 9.17) is 15.7 Å². The second-order valence-electron chi connectivity index (χ2n) is 8.92. The van der Waals surface area contributed by atoms with Crippen LogP contribution in [-0.4, -0.2) is 45.4 Å². The zero-order valence-electron chi connectivity index (χ0n) is 19.1. The van der Waals surface area contributed by atoms with Crippen molar-refractivity contribution in [3.05, 3.63) is 76.9 Å². The molecule has 170 valence electrons. The van der Waals surface area contributed by atoms with Gasteiger partial charge in [-0.05, 0) is 56.7 Å². The lowest BCUT2D eigenvalue weighted by atomic mass is 10.0. The molecule has 1 atom stereocenters. The summed E-state index contributed by atoms with van der Waals surface area (Å²) in [4.78, 5) is 31.6. The summed E-state index contributed by atoms with van der Waals surface area (Å²) < 4.78 is 0. The Labute approximate surface area is 194 Å². The standard InChI is InChI=1S/C26H30N6O/c1-18-21-9-5-14-31(16-13-19-7-3-2-4-8-19)25(21)30-24(29-18)22-10-6-15-32(22)26(33)20-11-12-23(27)28-17-20/h2-4,7-8,11-12,17,22H,5-6,9-10,13-16H2,1H3,(H2,27,28)/t22-/m0/s1. The number of aromatic nitrogens is 3. The number of anilines is 2. The molecule has 0 radical (unpaired) electrons. The average molecular weight is 443 g/mol. The number of benzene rings is 1. The third-order valence-electron chi connectivity index (χ3n) is 6.72. The fourth-order valence-corrected chi connectivity index (χ4v) is 4.96. The van der Waals surface area contributed by atoms with Crippen LogP contribution in [0.15, 0.2) is 48.7 Å². The predicted octanol–water partition coefficient (Wildman–Crippen LogP) is 3.73. The highest BCUT2D eigenvalue weighted by molar-refractivity contribution is 5.94. The molecule has 2 aliphatic rings. The Morgan fingerprint density at radius 2 is 1.94 bits per heavy atom. The number of carbonyl (C=O) groups excluding carboxylic acids is 1. The number of rotatable bonds is 5. The summed E-state index contributed by atoms with van der Waals surface area (Å²) >= 11 is 0. The molecule has 1 fully saturated rings. The highest BCUT2D eigenvalue weighted by Crippen LogP contribution is 2.35. The lowest BCUT2D eigenvalue weighted by Gasteiger charge is -2.32. The van der Waals surface area contributed by atoms with Gasteiger partial charge in [0.25, 0.3) is 5.91 Å². The molecule has 1 aromatic carbocycles. The monoisotopic (exact) mass is 442 g/mol. The van der Waals surface area contributed by atoms with Crippen molar-refractivity contribution in [2.75, 3.05) is 30.3 Å². The minimum absolute atomic E-state index is 0.0371. The first kappa shape index (κ1) is 21.4. The number of nitrogens with two attached hydrogens (primary N) is 1. The second kappa shape index (κ2) is 9.17. The number of likely N-dealkylation sites (tertiary alicyclic amines) is 1. The van der Waals surface area contributed by atoms with Crippen LogP contribution in [0, 0.1) is 6.92 Å². The molecule has 0 aliphatic carbocycles. The number of amides is 1. The summed E-state index contributed by atoms with van der Waals surface area (Å²) in [5, 5.41) is 0. The number of nitrogen functional groups attached to an aromatic ring is 1. The van der Waals surface area contributed by atoms with Gasteiger partial charge < -0.3 is 15.5 Å². The van der Waals surface area contributed by atoms with Gasteiger partial charge in [-0.15, -0.1) is 0 Å². The van der Waals surface area contributed by atoms with Gasteiger partial charge in [0.15, 0.2) is 5.82 Å². The number of fused-ring (bicyclic) bond motifs is 1. The molecule has 0 saturated carbocycles. The van der Waals surface area contributed by atoms with Crippen molar-refractivity contribution in [1.82, 2.24) is 19.9 Å². The Hall–Kier alpha value is -3.48. The molecule has 1 saturated heterocycles. The van der Waals surface area contributed by atoms with Gasteiger partial charge in [0.05, 0.1) is 11.6 Å². The van der Waals surface area contributed by atoms with Crippen LogP contribution in [0.4, 0.5) is 11.6 Å². The van der Waals surface area contributed by atoms with Gasteiger partial charge in [0.2, 0.25) is 0 Å². The third kappa shape index (κ3) is 4.40. The van der Waals surface area contributed by atoms with Crippen molar-refractivity contribution in [1.29, 1.82) is 0 Å². The number of hydrogen-bond acceptors (Lipinski definition) is 6. The van der Waals surface area contributed by atoms with Gasteiger partial charge in [-0.25, -0.2) is 15.0 Å². The van der Waals surface area contributed by atoms with E-state index in [-0.39, 0.29) is 11.9 Å². The molecule has 4 heterocycles. The van der Waals surface area contributed by atoms with Gasteiger partial charge >= 0.3 is 0 Å². The minimum atomic E-state index is -0.114. The number of aryl methyl sites for hydroxylation is 1. The molecule has 3 aromatic rings. The normalized spacial score (nSPS) is 17.8. The third-order valence-corrected chi connectivity index (χ3v) is 6.72. The van der Waals surface area contributed by atoms with Crippen molar-refractivity contribution in [2.24, 2.45) is 0 Å². The predicted molar refractivity (Wildman–Crippen MR) is 129 cm³/mol. The summed E-state index contributed by atoms with van der Waals surface area (Å²) in [5.41, 5.74) is 9.86. The van der Waals surface area contributed by atoms with Crippen LogP contribution in [0.25, 0.3) is 0 Å². The number of hydrogen-bond donors (Lipinski definition) is 1. The Bertz CT molecular complexity index is 1130. The van der Waals surface area contributed by atoms with E-state index >= 15 is 0 Å². The van der Waals surface area contributed by atoms with Crippen LogP contribution in [0.5, 0.6) is 0 Å². The molecule has 2 aromatic heterocycles. The molecule has 7 nitrogen and oxygen atoms in total. The molecule has 5 rings (SSSR count). The van der Waals surface area contributed by atoms with Gasteiger partial charge in [-0.2, -0.15) is 0 Å². The van der Waals surface area contributed by atoms with E-state index in [1.807, 2.05) is 4.90 Å². The van der Waals surface area contributed by atoms with Crippen LogP contribution in [0.2, 0.25) is 0 Å². The summed E-state index contributed by atoms with van der Waals surface area (Å²) in [5.74, 6) is 2.18. The summed E-state index contributed by atoms with van der Waals surface area (Å²) in [6.45, 7) is 4.71. The molecule has 1 amide bonds. The largest absolute Gasteiger partial charge is 0.384 e. The zero-order chi connectivity index (χ0) is 22.8. The van der Waals surface area contributed by atoms with Crippen molar-refractivity contribution >= 4 is 17.5 Å². The topological polar surface area (TPSA) is 88.2 Å². The average Bonchev–Trinajstić information content (AvgIpc) is 3.33. The first-order valence-electron chi connectivity index (χ1n) is 11.8. The minimum Gasteiger partial charge on any atom is -0.384 e. The van der Waals surface area contributed by atoms with Crippen molar-refractivity contribution in [3.63, 3.8) is 0 Å². The first-order chi connectivity index (χ1) is 16.1. The smallest absolute Gasteiger partial charge is 0.256 e. The van der Waals surface area contributed by atoms with Crippen LogP contribution in [-0.2, 0) is 12.8 Å². The SMILES string of the molecule is Cc1nc([C@@H]2CCCN2C(=O)c2ccc(N)nc2)nc2c1CCCN2CCc1ccccc1. The molecule has 0 bridgehead atoms. The fraction of sp³-hybridized carbons (Fsp3) is 0.385. The maximum Gasteiger partial charge on any atom is 0.256 e. The molecule has 0 spiro atoms. The Balaban J connectivity index is 1.41. The van der Waals surface area contributed by atoms with Gasteiger partial charge in [0.1, 0.15) is 11.6 Å². The summed E-state index contributed by atoms with van der Waals surface area (Å²) in [6, 6.07) is 13.9. The van der Waals surface area contributed by atoms with Crippen LogP contribution in [0.3, 0.4) is 0 Å². The fourth-order valence-electron chi connectivity index (χ4n) is 4.96. The van der Waals surface area contributed by atoms with E-state index in [0.717, 1.165) is 62.5 Å². The van der Waals surface area contributed by atoms with E-state index < -0.39 is 0 Å². The maximum absolute atomic E-state index is 13.2. The summed E-state index contributed by atoms with van der Waals surface area (Å²) in [6.07, 6.45) is 6.47. The second-order valence-corrected chi connectivity index (χ2v) is 8.92. The lowest BCUT2D eigenvalue weighted by molar-refractivity contribution is 0.0729. The Morgan fingerprint density at radius 1 is 1.09 bits per heavy atom. The van der Waals surface area contributed by atoms with E-state index in [1.165, 1.54) is 11.1 Å². The van der Waals surface area contributed by atoms with E-state index in [0.29, 0.717) is 17.9 Å². The van der Waals surface area contributed by atoms with Crippen LogP contribution >= 0.6 is 0 Å². The Kier molecular flexibility index (Phi) is 5.94. The zero-order valence-corrected chi connectivity index (χ0v) is 19.1. The van der Waals surface area contributed by atoms with Crippen molar-refractivity contribution in [3.8, 4) is 0 Å². The van der Waals surface area contributed by atoms with E-state index in [9.17, 15) is 4.79 Å².